The molecule has 108 valence electrons. The predicted octanol–water partition coefficient (Wildman–Crippen LogP) is 3.76. The monoisotopic (exact) mass is 345 g/mol. The molecule has 2 nitrogen and oxygen atoms in total. The van der Waals surface area contributed by atoms with Gasteiger partial charge < -0.3 is 0 Å². The van der Waals surface area contributed by atoms with Crippen LogP contribution in [0.3, 0.4) is 0 Å². The molecule has 1 aromatic carbocycles. The molecule has 0 radical (unpaired) electrons. The van der Waals surface area contributed by atoms with E-state index in [0.717, 1.165) is 29.8 Å². The van der Waals surface area contributed by atoms with Gasteiger partial charge in [-0.15, -0.1) is 0 Å². The first kappa shape index (κ1) is 13.5. The van der Waals surface area contributed by atoms with Crippen LogP contribution < -0.4 is 0 Å². The Balaban J connectivity index is 2.15. The maximum absolute atomic E-state index is 10.7. The van der Waals surface area contributed by atoms with Crippen LogP contribution in [0.15, 0.2) is 24.3 Å². The Morgan fingerprint density at radius 3 is 2.86 bits per heavy atom. The van der Waals surface area contributed by atoms with Crippen LogP contribution in [0, 0.1) is 12.3 Å². The van der Waals surface area contributed by atoms with Crippen molar-refractivity contribution in [1.82, 2.24) is 4.98 Å². The predicted molar refractivity (Wildman–Crippen MR) is 88.0 cm³/mol. The Kier molecular flexibility index (Phi) is 2.84. The van der Waals surface area contributed by atoms with Crippen LogP contribution in [-0.2, 0) is 6.42 Å². The Hall–Kier alpha value is -1.15. The van der Waals surface area contributed by atoms with Gasteiger partial charge in [-0.05, 0) is 0 Å². The quantitative estimate of drug-likeness (QED) is 0.630. The molecule has 0 saturated carbocycles. The van der Waals surface area contributed by atoms with Gasteiger partial charge in [-0.1, -0.05) is 0 Å². The second-order valence-electron chi connectivity index (χ2n) is 6.92. The maximum atomic E-state index is 10.7. The number of aliphatic hydroxyl groups is 1. The number of aryl methyl sites for hydroxylation is 1. The first-order chi connectivity index (χ1) is 9.96. The molecule has 0 spiro atoms. The van der Waals surface area contributed by atoms with Crippen LogP contribution in [0.1, 0.15) is 43.3 Å². The molecule has 0 aliphatic heterocycles. The van der Waals surface area contributed by atoms with E-state index in [1.54, 1.807) is 0 Å². The fourth-order valence-electron chi connectivity index (χ4n) is 3.67. The minimum atomic E-state index is -0.382. The zero-order valence-electron chi connectivity index (χ0n) is 12.6. The van der Waals surface area contributed by atoms with E-state index in [1.165, 1.54) is 19.3 Å². The summed E-state index contributed by atoms with van der Waals surface area (Å²) in [4.78, 5) is 4.87. The van der Waals surface area contributed by atoms with Crippen molar-refractivity contribution in [3.05, 3.63) is 41.2 Å². The topological polar surface area (TPSA) is 33.1 Å². The van der Waals surface area contributed by atoms with Crippen molar-refractivity contribution in [2.24, 2.45) is 5.41 Å². The van der Waals surface area contributed by atoms with E-state index in [0.29, 0.717) is 14.5 Å². The number of aliphatic hydroxyl groups excluding tert-OH is 1. The SMILES string of the molecule is Cc1nc2c(c3c1[se]c1ccccc13)C(O)CC(C)(C)C2. The van der Waals surface area contributed by atoms with Crippen LogP contribution in [0.25, 0.3) is 19.3 Å². The first-order valence-corrected chi connectivity index (χ1v) is 9.16. The molecule has 21 heavy (non-hydrogen) atoms. The van der Waals surface area contributed by atoms with Gasteiger partial charge in [0, 0.05) is 0 Å². The number of hydrogen-bond donors (Lipinski definition) is 1. The van der Waals surface area contributed by atoms with Crippen molar-refractivity contribution >= 4 is 33.8 Å². The molecule has 0 bridgehead atoms. The summed E-state index contributed by atoms with van der Waals surface area (Å²) in [6, 6.07) is 8.64. The van der Waals surface area contributed by atoms with Gasteiger partial charge >= 0.3 is 130 Å². The summed E-state index contributed by atoms with van der Waals surface area (Å²) in [6.45, 7) is 6.57. The van der Waals surface area contributed by atoms with E-state index in [1.807, 2.05) is 0 Å². The zero-order valence-corrected chi connectivity index (χ0v) is 14.3. The molecule has 3 aromatic rings. The summed E-state index contributed by atoms with van der Waals surface area (Å²) in [6.07, 6.45) is 1.40. The third-order valence-electron chi connectivity index (χ3n) is 4.53. The fraction of sp³-hybridized carbons (Fsp3) is 0.389. The van der Waals surface area contributed by atoms with Crippen molar-refractivity contribution in [1.29, 1.82) is 0 Å². The van der Waals surface area contributed by atoms with Crippen LogP contribution in [0.2, 0.25) is 0 Å². The average Bonchev–Trinajstić information content (AvgIpc) is 2.77. The van der Waals surface area contributed by atoms with Crippen molar-refractivity contribution in [2.75, 3.05) is 0 Å². The Labute approximate surface area is 130 Å². The van der Waals surface area contributed by atoms with Gasteiger partial charge in [-0.3, -0.25) is 0 Å². The Morgan fingerprint density at radius 2 is 2.05 bits per heavy atom. The third kappa shape index (κ3) is 1.99. The summed E-state index contributed by atoms with van der Waals surface area (Å²) in [5.41, 5.74) is 3.51. The second kappa shape index (κ2) is 4.42. The zero-order chi connectivity index (χ0) is 14.8. The van der Waals surface area contributed by atoms with E-state index in [2.05, 4.69) is 45.0 Å². The third-order valence-corrected chi connectivity index (χ3v) is 7.22. The number of pyridine rings is 1. The number of aromatic nitrogens is 1. The minimum absolute atomic E-state index is 0.128. The van der Waals surface area contributed by atoms with E-state index >= 15 is 0 Å². The first-order valence-electron chi connectivity index (χ1n) is 7.45. The summed E-state index contributed by atoms with van der Waals surface area (Å²) >= 11 is 0.324. The molecule has 3 heteroatoms. The average molecular weight is 344 g/mol. The molecule has 1 N–H and O–H groups in total. The Bertz CT molecular complexity index is 862. The number of hydrogen-bond acceptors (Lipinski definition) is 2. The Morgan fingerprint density at radius 1 is 1.29 bits per heavy atom. The van der Waals surface area contributed by atoms with Gasteiger partial charge in [0.1, 0.15) is 0 Å². The van der Waals surface area contributed by atoms with E-state index in [4.69, 9.17) is 4.98 Å². The second-order valence-corrected chi connectivity index (χ2v) is 9.13. The van der Waals surface area contributed by atoms with Crippen molar-refractivity contribution in [2.45, 2.75) is 39.7 Å². The number of nitrogens with zero attached hydrogens (tertiary/aromatic N) is 1. The van der Waals surface area contributed by atoms with E-state index in [-0.39, 0.29) is 11.5 Å². The molecular formula is C18H19NOSe. The molecular weight excluding hydrogens is 325 g/mol. The van der Waals surface area contributed by atoms with Gasteiger partial charge in [0.05, 0.1) is 0 Å². The molecule has 4 rings (SSSR count). The summed E-state index contributed by atoms with van der Waals surface area (Å²) in [5.74, 6) is 0. The van der Waals surface area contributed by atoms with Gasteiger partial charge in [0.25, 0.3) is 0 Å². The molecule has 1 atom stereocenters. The van der Waals surface area contributed by atoms with Crippen LogP contribution in [0.4, 0.5) is 0 Å². The van der Waals surface area contributed by atoms with Crippen LogP contribution in [-0.4, -0.2) is 24.6 Å². The summed E-state index contributed by atoms with van der Waals surface area (Å²) in [7, 11) is 0. The molecule has 1 aliphatic rings. The molecule has 1 aliphatic carbocycles. The van der Waals surface area contributed by atoms with Crippen molar-refractivity contribution in [3.8, 4) is 0 Å². The van der Waals surface area contributed by atoms with Crippen molar-refractivity contribution in [3.63, 3.8) is 0 Å². The van der Waals surface area contributed by atoms with Crippen LogP contribution >= 0.6 is 0 Å². The van der Waals surface area contributed by atoms with Crippen LogP contribution in [0.5, 0.6) is 0 Å². The molecule has 0 fully saturated rings. The molecule has 2 aromatic heterocycles. The molecule has 0 amide bonds. The van der Waals surface area contributed by atoms with Gasteiger partial charge in [-0.25, -0.2) is 0 Å². The van der Waals surface area contributed by atoms with Gasteiger partial charge in [0.2, 0.25) is 0 Å². The van der Waals surface area contributed by atoms with E-state index in [9.17, 15) is 5.11 Å². The normalized spacial score (nSPS) is 20.9. The van der Waals surface area contributed by atoms with E-state index < -0.39 is 0 Å². The molecule has 2 heterocycles. The van der Waals surface area contributed by atoms with Gasteiger partial charge in [-0.2, -0.15) is 0 Å². The summed E-state index contributed by atoms with van der Waals surface area (Å²) in [5, 5.41) is 13.4. The molecule has 1 unspecified atom stereocenters. The van der Waals surface area contributed by atoms with Gasteiger partial charge in [0.15, 0.2) is 0 Å². The fourth-order valence-corrected chi connectivity index (χ4v) is 6.11. The number of benzene rings is 1. The molecule has 0 saturated heterocycles. The number of rotatable bonds is 0. The standard InChI is InChI=1S/C18H19NOSe/c1-10-17-15(11-6-4-5-7-14(11)21-17)16-12(19-10)8-18(2,3)9-13(16)20/h4-7,13,20H,8-9H2,1-3H3. The summed E-state index contributed by atoms with van der Waals surface area (Å²) < 4.78 is 2.80. The van der Waals surface area contributed by atoms with Crippen molar-refractivity contribution < 1.29 is 5.11 Å². The number of fused-ring (bicyclic) bond motifs is 5.